The van der Waals surface area contributed by atoms with Crippen molar-refractivity contribution < 1.29 is 0 Å². The van der Waals surface area contributed by atoms with Crippen molar-refractivity contribution in [2.24, 2.45) is 16.6 Å². The van der Waals surface area contributed by atoms with Crippen molar-refractivity contribution >= 4 is 5.84 Å². The van der Waals surface area contributed by atoms with Crippen molar-refractivity contribution in [2.75, 3.05) is 19.6 Å². The average molecular weight is 251 g/mol. The summed E-state index contributed by atoms with van der Waals surface area (Å²) in [5.74, 6) is 1.55. The smallest absolute Gasteiger partial charge is 0.0971 e. The van der Waals surface area contributed by atoms with Gasteiger partial charge >= 0.3 is 0 Å². The molecular formula is C15H29N3. The molecule has 2 aliphatic rings. The molecule has 2 rings (SSSR count). The molecule has 0 atom stereocenters. The van der Waals surface area contributed by atoms with Gasteiger partial charge in [0.2, 0.25) is 0 Å². The standard InChI is InChI=1S/C15H29N3/c1-2-10-18-11-8-14(9-12-18)17-15(16)13-6-4-3-5-7-13/h13-14H,2-12H2,1H3,(H2,16,17). The van der Waals surface area contributed by atoms with Crippen LogP contribution in [0.5, 0.6) is 0 Å². The fraction of sp³-hybridized carbons (Fsp3) is 0.933. The van der Waals surface area contributed by atoms with Crippen molar-refractivity contribution in [1.29, 1.82) is 0 Å². The fourth-order valence-corrected chi connectivity index (χ4v) is 3.30. The predicted molar refractivity (Wildman–Crippen MR) is 78.0 cm³/mol. The van der Waals surface area contributed by atoms with Crippen molar-refractivity contribution in [2.45, 2.75) is 64.3 Å². The fourth-order valence-electron chi connectivity index (χ4n) is 3.30. The van der Waals surface area contributed by atoms with E-state index in [2.05, 4.69) is 11.8 Å². The average Bonchev–Trinajstić information content (AvgIpc) is 2.42. The van der Waals surface area contributed by atoms with Gasteiger partial charge in [-0.2, -0.15) is 0 Å². The molecule has 1 saturated carbocycles. The van der Waals surface area contributed by atoms with Crippen LogP contribution in [0.25, 0.3) is 0 Å². The molecular weight excluding hydrogens is 222 g/mol. The Hall–Kier alpha value is -0.570. The van der Waals surface area contributed by atoms with Crippen molar-refractivity contribution in [1.82, 2.24) is 4.90 Å². The molecule has 18 heavy (non-hydrogen) atoms. The van der Waals surface area contributed by atoms with Gasteiger partial charge in [0, 0.05) is 19.0 Å². The van der Waals surface area contributed by atoms with Crippen LogP contribution in [0.4, 0.5) is 0 Å². The lowest BCUT2D eigenvalue weighted by Gasteiger charge is -2.30. The minimum absolute atomic E-state index is 0.500. The summed E-state index contributed by atoms with van der Waals surface area (Å²) in [5, 5.41) is 0. The Kier molecular flexibility index (Phi) is 5.48. The van der Waals surface area contributed by atoms with Crippen molar-refractivity contribution in [3.05, 3.63) is 0 Å². The molecule has 1 saturated heterocycles. The van der Waals surface area contributed by atoms with Gasteiger partial charge in [-0.05, 0) is 38.6 Å². The van der Waals surface area contributed by atoms with Crippen LogP contribution in [-0.4, -0.2) is 36.4 Å². The van der Waals surface area contributed by atoms with Gasteiger partial charge in [0.15, 0.2) is 0 Å². The van der Waals surface area contributed by atoms with E-state index in [1.54, 1.807) is 0 Å². The number of rotatable bonds is 4. The van der Waals surface area contributed by atoms with Gasteiger partial charge in [0.05, 0.1) is 11.9 Å². The summed E-state index contributed by atoms with van der Waals surface area (Å²) < 4.78 is 0. The molecule has 0 spiro atoms. The number of piperidine rings is 1. The number of amidine groups is 1. The summed E-state index contributed by atoms with van der Waals surface area (Å²) in [6, 6.07) is 0.500. The Morgan fingerprint density at radius 2 is 1.78 bits per heavy atom. The van der Waals surface area contributed by atoms with E-state index in [1.165, 1.54) is 71.0 Å². The van der Waals surface area contributed by atoms with Crippen LogP contribution in [-0.2, 0) is 0 Å². The summed E-state index contributed by atoms with van der Waals surface area (Å²) in [6.07, 6.45) is 10.3. The molecule has 0 aromatic heterocycles. The van der Waals surface area contributed by atoms with Crippen LogP contribution in [0.3, 0.4) is 0 Å². The second kappa shape index (κ2) is 7.13. The van der Waals surface area contributed by atoms with Crippen molar-refractivity contribution in [3.63, 3.8) is 0 Å². The second-order valence-corrected chi connectivity index (χ2v) is 5.96. The third-order valence-corrected chi connectivity index (χ3v) is 4.45. The van der Waals surface area contributed by atoms with Gasteiger partial charge in [0.25, 0.3) is 0 Å². The first-order valence-corrected chi connectivity index (χ1v) is 7.85. The van der Waals surface area contributed by atoms with Gasteiger partial charge in [-0.3, -0.25) is 4.99 Å². The summed E-state index contributed by atoms with van der Waals surface area (Å²) >= 11 is 0. The van der Waals surface area contributed by atoms with E-state index in [9.17, 15) is 0 Å². The molecule has 2 N–H and O–H groups in total. The van der Waals surface area contributed by atoms with Gasteiger partial charge in [-0.25, -0.2) is 0 Å². The maximum atomic E-state index is 6.21. The Balaban J connectivity index is 1.78. The SMILES string of the molecule is CCCN1CCC(N=C(N)C2CCCCC2)CC1. The summed E-state index contributed by atoms with van der Waals surface area (Å²) in [4.78, 5) is 7.38. The lowest BCUT2D eigenvalue weighted by molar-refractivity contribution is 0.214. The zero-order chi connectivity index (χ0) is 12.8. The highest BCUT2D eigenvalue weighted by Crippen LogP contribution is 2.24. The van der Waals surface area contributed by atoms with Crippen LogP contribution in [0.2, 0.25) is 0 Å². The van der Waals surface area contributed by atoms with E-state index in [4.69, 9.17) is 10.7 Å². The molecule has 0 aromatic carbocycles. The molecule has 3 heteroatoms. The Labute approximate surface area is 112 Å². The Morgan fingerprint density at radius 1 is 1.11 bits per heavy atom. The number of likely N-dealkylation sites (tertiary alicyclic amines) is 1. The number of aliphatic imine (C=N–C) groups is 1. The summed E-state index contributed by atoms with van der Waals surface area (Å²) in [7, 11) is 0. The molecule has 1 aliphatic heterocycles. The van der Waals surface area contributed by atoms with E-state index in [-0.39, 0.29) is 0 Å². The topological polar surface area (TPSA) is 41.6 Å². The zero-order valence-electron chi connectivity index (χ0n) is 11.9. The monoisotopic (exact) mass is 251 g/mol. The molecule has 1 aliphatic carbocycles. The van der Waals surface area contributed by atoms with Crippen LogP contribution >= 0.6 is 0 Å². The van der Waals surface area contributed by atoms with Gasteiger partial charge in [-0.1, -0.05) is 26.2 Å². The first-order chi connectivity index (χ1) is 8.79. The lowest BCUT2D eigenvalue weighted by atomic mass is 9.88. The lowest BCUT2D eigenvalue weighted by Crippen LogP contribution is -2.37. The summed E-state index contributed by atoms with van der Waals surface area (Å²) in [5.41, 5.74) is 6.21. The van der Waals surface area contributed by atoms with Crippen LogP contribution < -0.4 is 5.73 Å². The highest BCUT2D eigenvalue weighted by molar-refractivity contribution is 5.83. The van der Waals surface area contributed by atoms with Gasteiger partial charge in [0.1, 0.15) is 0 Å². The molecule has 104 valence electrons. The molecule has 0 aromatic rings. The van der Waals surface area contributed by atoms with E-state index in [0.29, 0.717) is 12.0 Å². The quantitative estimate of drug-likeness (QED) is 0.616. The molecule has 0 amide bonds. The van der Waals surface area contributed by atoms with E-state index in [1.807, 2.05) is 0 Å². The molecule has 2 fully saturated rings. The van der Waals surface area contributed by atoms with Crippen LogP contribution in [0, 0.1) is 5.92 Å². The molecule has 1 heterocycles. The van der Waals surface area contributed by atoms with E-state index >= 15 is 0 Å². The number of hydrogen-bond acceptors (Lipinski definition) is 2. The van der Waals surface area contributed by atoms with E-state index in [0.717, 1.165) is 5.84 Å². The maximum absolute atomic E-state index is 6.21. The molecule has 0 unspecified atom stereocenters. The van der Waals surface area contributed by atoms with Crippen molar-refractivity contribution in [3.8, 4) is 0 Å². The number of hydrogen-bond donors (Lipinski definition) is 1. The normalized spacial score (nSPS) is 25.5. The Bertz CT molecular complexity index is 261. The highest BCUT2D eigenvalue weighted by atomic mass is 15.1. The molecule has 0 radical (unpaired) electrons. The molecule has 3 nitrogen and oxygen atoms in total. The highest BCUT2D eigenvalue weighted by Gasteiger charge is 2.21. The third kappa shape index (κ3) is 3.98. The predicted octanol–water partition coefficient (Wildman–Crippen LogP) is 2.80. The first kappa shape index (κ1) is 13.9. The zero-order valence-corrected chi connectivity index (χ0v) is 11.9. The van der Waals surface area contributed by atoms with E-state index < -0.39 is 0 Å². The molecule has 0 bridgehead atoms. The Morgan fingerprint density at radius 3 is 2.39 bits per heavy atom. The van der Waals surface area contributed by atoms with Crippen LogP contribution in [0.1, 0.15) is 58.3 Å². The van der Waals surface area contributed by atoms with Gasteiger partial charge < -0.3 is 10.6 Å². The minimum Gasteiger partial charge on any atom is -0.387 e. The summed E-state index contributed by atoms with van der Waals surface area (Å²) in [6.45, 7) is 5.92. The van der Waals surface area contributed by atoms with Gasteiger partial charge in [-0.15, -0.1) is 0 Å². The minimum atomic E-state index is 0.500. The largest absolute Gasteiger partial charge is 0.387 e. The maximum Gasteiger partial charge on any atom is 0.0971 e. The van der Waals surface area contributed by atoms with Crippen LogP contribution in [0.15, 0.2) is 4.99 Å². The number of nitrogens with zero attached hydrogens (tertiary/aromatic N) is 2. The first-order valence-electron chi connectivity index (χ1n) is 7.85. The second-order valence-electron chi connectivity index (χ2n) is 5.96. The number of nitrogens with two attached hydrogens (primary N) is 1. The third-order valence-electron chi connectivity index (χ3n) is 4.45.